The SMILES string of the molecule is Brc1ccc(-c2cccc3c2sc2ccc(-c4ccccc4)cc23)cc1. The summed E-state index contributed by atoms with van der Waals surface area (Å²) in [6, 6.07) is 32.6. The van der Waals surface area contributed by atoms with Crippen molar-refractivity contribution in [1.29, 1.82) is 0 Å². The minimum atomic E-state index is 1.11. The van der Waals surface area contributed by atoms with Crippen LogP contribution in [-0.4, -0.2) is 0 Å². The van der Waals surface area contributed by atoms with Gasteiger partial charge in [0.2, 0.25) is 0 Å². The van der Waals surface area contributed by atoms with Gasteiger partial charge in [-0.1, -0.05) is 82.7 Å². The summed E-state index contributed by atoms with van der Waals surface area (Å²) in [5.74, 6) is 0. The van der Waals surface area contributed by atoms with Gasteiger partial charge in [-0.2, -0.15) is 0 Å². The van der Waals surface area contributed by atoms with E-state index in [0.29, 0.717) is 0 Å². The van der Waals surface area contributed by atoms with E-state index < -0.39 is 0 Å². The van der Waals surface area contributed by atoms with E-state index in [-0.39, 0.29) is 0 Å². The summed E-state index contributed by atoms with van der Waals surface area (Å²) < 4.78 is 3.80. The molecule has 0 aliphatic carbocycles. The van der Waals surface area contributed by atoms with Crippen LogP contribution in [0.3, 0.4) is 0 Å². The molecular formula is C24H15BrS. The molecular weight excluding hydrogens is 400 g/mol. The lowest BCUT2D eigenvalue weighted by molar-refractivity contribution is 1.63. The van der Waals surface area contributed by atoms with Gasteiger partial charge in [0.15, 0.2) is 0 Å². The molecule has 2 heteroatoms. The minimum absolute atomic E-state index is 1.11. The summed E-state index contributed by atoms with van der Waals surface area (Å²) >= 11 is 5.41. The van der Waals surface area contributed by atoms with Gasteiger partial charge >= 0.3 is 0 Å². The summed E-state index contributed by atoms with van der Waals surface area (Å²) in [6.45, 7) is 0. The van der Waals surface area contributed by atoms with Gasteiger partial charge in [-0.25, -0.2) is 0 Å². The maximum absolute atomic E-state index is 3.53. The third-order valence-corrected chi connectivity index (χ3v) is 6.51. The molecule has 0 unspecified atom stereocenters. The van der Waals surface area contributed by atoms with Crippen LogP contribution in [0.15, 0.2) is 95.5 Å². The zero-order valence-corrected chi connectivity index (χ0v) is 16.3. The van der Waals surface area contributed by atoms with Gasteiger partial charge in [-0.15, -0.1) is 11.3 Å². The molecule has 124 valence electrons. The van der Waals surface area contributed by atoms with Gasteiger partial charge in [0, 0.05) is 24.6 Å². The van der Waals surface area contributed by atoms with Crippen LogP contribution < -0.4 is 0 Å². The van der Waals surface area contributed by atoms with Crippen molar-refractivity contribution < 1.29 is 0 Å². The molecule has 0 N–H and O–H groups in total. The zero-order chi connectivity index (χ0) is 17.5. The van der Waals surface area contributed by atoms with Crippen LogP contribution in [0, 0.1) is 0 Å². The molecule has 0 saturated carbocycles. The molecule has 4 aromatic carbocycles. The first kappa shape index (κ1) is 15.8. The maximum atomic E-state index is 3.53. The largest absolute Gasteiger partial charge is 0.135 e. The Morgan fingerprint density at radius 3 is 2.15 bits per heavy atom. The van der Waals surface area contributed by atoms with Gasteiger partial charge in [0.05, 0.1) is 0 Å². The van der Waals surface area contributed by atoms with Crippen LogP contribution >= 0.6 is 27.3 Å². The summed E-state index contributed by atoms with van der Waals surface area (Å²) in [6.07, 6.45) is 0. The van der Waals surface area contributed by atoms with Crippen molar-refractivity contribution >= 4 is 47.4 Å². The Bertz CT molecular complexity index is 1220. The Labute approximate surface area is 164 Å². The highest BCUT2D eigenvalue weighted by Crippen LogP contribution is 2.41. The fourth-order valence-corrected chi connectivity index (χ4v) is 4.95. The summed E-state index contributed by atoms with van der Waals surface area (Å²) in [5.41, 5.74) is 5.09. The minimum Gasteiger partial charge on any atom is -0.135 e. The van der Waals surface area contributed by atoms with Crippen molar-refractivity contribution in [3.63, 3.8) is 0 Å². The van der Waals surface area contributed by atoms with E-state index in [4.69, 9.17) is 0 Å². The second-order valence-corrected chi connectivity index (χ2v) is 8.34. The average molecular weight is 415 g/mol. The lowest BCUT2D eigenvalue weighted by Crippen LogP contribution is -1.78. The third-order valence-electron chi connectivity index (χ3n) is 4.76. The van der Waals surface area contributed by atoms with Crippen molar-refractivity contribution in [3.05, 3.63) is 95.5 Å². The standard InChI is InChI=1S/C24H15BrS/c25-19-12-9-17(10-13-19)20-7-4-8-21-22-15-18(16-5-2-1-3-6-16)11-14-23(22)26-24(20)21/h1-15H. The van der Waals surface area contributed by atoms with Crippen LogP contribution in [0.2, 0.25) is 0 Å². The Morgan fingerprint density at radius 1 is 0.577 bits per heavy atom. The van der Waals surface area contributed by atoms with E-state index in [2.05, 4.69) is 107 Å². The smallest absolute Gasteiger partial charge is 0.0433 e. The molecule has 5 rings (SSSR count). The van der Waals surface area contributed by atoms with E-state index in [1.54, 1.807) is 0 Å². The van der Waals surface area contributed by atoms with E-state index in [0.717, 1.165) is 4.47 Å². The molecule has 1 heterocycles. The first-order valence-corrected chi connectivity index (χ1v) is 10.2. The second-order valence-electron chi connectivity index (χ2n) is 6.37. The molecule has 1 aromatic heterocycles. The first-order chi connectivity index (χ1) is 12.8. The first-order valence-electron chi connectivity index (χ1n) is 8.56. The quantitative estimate of drug-likeness (QED) is 0.273. The number of fused-ring (bicyclic) bond motifs is 3. The van der Waals surface area contributed by atoms with Crippen molar-refractivity contribution in [2.24, 2.45) is 0 Å². The van der Waals surface area contributed by atoms with Crippen molar-refractivity contribution in [1.82, 2.24) is 0 Å². The van der Waals surface area contributed by atoms with Crippen LogP contribution in [0.5, 0.6) is 0 Å². The second kappa shape index (κ2) is 6.39. The molecule has 0 aliphatic rings. The van der Waals surface area contributed by atoms with E-state index in [9.17, 15) is 0 Å². The predicted molar refractivity (Wildman–Crippen MR) is 118 cm³/mol. The molecule has 0 saturated heterocycles. The number of hydrogen-bond acceptors (Lipinski definition) is 1. The highest BCUT2D eigenvalue weighted by molar-refractivity contribution is 9.10. The molecule has 0 atom stereocenters. The van der Waals surface area contributed by atoms with E-state index in [1.165, 1.54) is 42.4 Å². The fourth-order valence-electron chi connectivity index (χ4n) is 3.47. The van der Waals surface area contributed by atoms with Gasteiger partial charge in [0.1, 0.15) is 0 Å². The Hall–Kier alpha value is -2.42. The van der Waals surface area contributed by atoms with Crippen LogP contribution in [-0.2, 0) is 0 Å². The van der Waals surface area contributed by atoms with Gasteiger partial charge in [-0.05, 0) is 46.5 Å². The molecule has 0 nitrogen and oxygen atoms in total. The van der Waals surface area contributed by atoms with Gasteiger partial charge < -0.3 is 0 Å². The monoisotopic (exact) mass is 414 g/mol. The van der Waals surface area contributed by atoms with Crippen LogP contribution in [0.4, 0.5) is 0 Å². The number of rotatable bonds is 2. The summed E-state index contributed by atoms with van der Waals surface area (Å²) in [7, 11) is 0. The number of halogens is 1. The molecule has 5 aromatic rings. The lowest BCUT2D eigenvalue weighted by Gasteiger charge is -2.04. The highest BCUT2D eigenvalue weighted by atomic mass is 79.9. The Balaban J connectivity index is 1.75. The normalized spacial score (nSPS) is 11.3. The number of thiophene rings is 1. The number of hydrogen-bond donors (Lipinski definition) is 0. The Kier molecular flexibility index (Phi) is 3.88. The topological polar surface area (TPSA) is 0 Å². The maximum Gasteiger partial charge on any atom is 0.0433 e. The molecule has 0 aliphatic heterocycles. The Morgan fingerprint density at radius 2 is 1.35 bits per heavy atom. The van der Waals surface area contributed by atoms with E-state index in [1.807, 2.05) is 11.3 Å². The molecule has 0 spiro atoms. The molecule has 0 radical (unpaired) electrons. The van der Waals surface area contributed by atoms with Crippen molar-refractivity contribution in [3.8, 4) is 22.3 Å². The van der Waals surface area contributed by atoms with Crippen LogP contribution in [0.25, 0.3) is 42.4 Å². The fraction of sp³-hybridized carbons (Fsp3) is 0. The van der Waals surface area contributed by atoms with E-state index >= 15 is 0 Å². The predicted octanol–water partition coefficient (Wildman–Crippen LogP) is 8.15. The lowest BCUT2D eigenvalue weighted by atomic mass is 10.0. The summed E-state index contributed by atoms with van der Waals surface area (Å²) in [5, 5.41) is 2.67. The zero-order valence-electron chi connectivity index (χ0n) is 13.9. The average Bonchev–Trinajstić information content (AvgIpc) is 3.07. The van der Waals surface area contributed by atoms with Crippen molar-refractivity contribution in [2.75, 3.05) is 0 Å². The number of benzene rings is 4. The third kappa shape index (κ3) is 2.66. The van der Waals surface area contributed by atoms with Gasteiger partial charge in [-0.3, -0.25) is 0 Å². The molecule has 0 bridgehead atoms. The molecule has 0 amide bonds. The molecule has 26 heavy (non-hydrogen) atoms. The molecule has 0 fully saturated rings. The van der Waals surface area contributed by atoms with Gasteiger partial charge in [0.25, 0.3) is 0 Å². The van der Waals surface area contributed by atoms with Crippen LogP contribution in [0.1, 0.15) is 0 Å². The van der Waals surface area contributed by atoms with Crippen molar-refractivity contribution in [2.45, 2.75) is 0 Å². The highest BCUT2D eigenvalue weighted by Gasteiger charge is 2.11. The summed E-state index contributed by atoms with van der Waals surface area (Å²) in [4.78, 5) is 0.